The summed E-state index contributed by atoms with van der Waals surface area (Å²) in [6.45, 7) is 0.886. The molecule has 0 aliphatic carbocycles. The number of ether oxygens (including phenoxy) is 1. The summed E-state index contributed by atoms with van der Waals surface area (Å²) in [4.78, 5) is 11.4. The summed E-state index contributed by atoms with van der Waals surface area (Å²) in [5, 5.41) is 0. The Morgan fingerprint density at radius 3 is 2.79 bits per heavy atom. The highest BCUT2D eigenvalue weighted by atomic mass is 19.1. The second kappa shape index (κ2) is 6.15. The number of pyridine rings is 1. The number of nitrogens with zero attached hydrogens (tertiary/aromatic N) is 1. The maximum atomic E-state index is 13.6. The van der Waals surface area contributed by atoms with Crippen molar-refractivity contribution in [3.05, 3.63) is 64.3 Å². The molecule has 0 bridgehead atoms. The predicted octanol–water partition coefficient (Wildman–Crippen LogP) is 1.53. The first kappa shape index (κ1) is 13.3. The van der Waals surface area contributed by atoms with Gasteiger partial charge in [0.15, 0.2) is 11.6 Å². The maximum Gasteiger partial charge on any atom is 0.250 e. The van der Waals surface area contributed by atoms with E-state index in [0.717, 1.165) is 0 Å². The zero-order valence-corrected chi connectivity index (χ0v) is 10.4. The Labute approximate surface area is 110 Å². The molecule has 2 aromatic rings. The van der Waals surface area contributed by atoms with Crippen molar-refractivity contribution in [1.29, 1.82) is 0 Å². The van der Waals surface area contributed by atoms with Crippen molar-refractivity contribution in [2.24, 2.45) is 5.73 Å². The molecular formula is C14H15FN2O2. The summed E-state index contributed by atoms with van der Waals surface area (Å²) < 4.78 is 20.4. The molecule has 0 fully saturated rings. The molecule has 1 aromatic heterocycles. The standard InChI is InChI=1S/C14H15FN2O2/c15-12-9-11(10-16)4-5-13(12)19-8-7-17-6-2-1-3-14(17)18/h1-6,9H,7-8,10,16H2. The fourth-order valence-corrected chi connectivity index (χ4v) is 1.69. The van der Waals surface area contributed by atoms with E-state index in [9.17, 15) is 9.18 Å². The maximum absolute atomic E-state index is 13.6. The summed E-state index contributed by atoms with van der Waals surface area (Å²) >= 11 is 0. The van der Waals surface area contributed by atoms with E-state index in [2.05, 4.69) is 0 Å². The molecule has 0 saturated carbocycles. The highest BCUT2D eigenvalue weighted by Crippen LogP contribution is 2.18. The predicted molar refractivity (Wildman–Crippen MR) is 70.5 cm³/mol. The molecule has 0 aliphatic rings. The lowest BCUT2D eigenvalue weighted by molar-refractivity contribution is 0.282. The molecule has 4 nitrogen and oxygen atoms in total. The zero-order chi connectivity index (χ0) is 13.7. The lowest BCUT2D eigenvalue weighted by atomic mass is 10.2. The Morgan fingerprint density at radius 1 is 1.26 bits per heavy atom. The van der Waals surface area contributed by atoms with E-state index in [0.29, 0.717) is 12.1 Å². The second-order valence-corrected chi connectivity index (χ2v) is 4.05. The molecule has 100 valence electrons. The number of nitrogens with two attached hydrogens (primary N) is 1. The summed E-state index contributed by atoms with van der Waals surface area (Å²) in [5.74, 6) is -0.274. The van der Waals surface area contributed by atoms with Crippen molar-refractivity contribution < 1.29 is 9.13 Å². The Bertz CT molecular complexity index is 610. The largest absolute Gasteiger partial charge is 0.489 e. The van der Waals surface area contributed by atoms with Crippen LogP contribution in [0.5, 0.6) is 5.75 Å². The van der Waals surface area contributed by atoms with Crippen molar-refractivity contribution in [1.82, 2.24) is 4.57 Å². The molecule has 2 rings (SSSR count). The molecule has 1 heterocycles. The minimum Gasteiger partial charge on any atom is -0.489 e. The van der Waals surface area contributed by atoms with Gasteiger partial charge in [0.1, 0.15) is 6.61 Å². The van der Waals surface area contributed by atoms with Gasteiger partial charge >= 0.3 is 0 Å². The van der Waals surface area contributed by atoms with Crippen LogP contribution in [0.25, 0.3) is 0 Å². The van der Waals surface area contributed by atoms with E-state index in [4.69, 9.17) is 10.5 Å². The molecule has 0 unspecified atom stereocenters. The van der Waals surface area contributed by atoms with Gasteiger partial charge in [0.25, 0.3) is 5.56 Å². The van der Waals surface area contributed by atoms with Gasteiger partial charge in [0.2, 0.25) is 0 Å². The first-order valence-corrected chi connectivity index (χ1v) is 5.97. The van der Waals surface area contributed by atoms with Gasteiger partial charge in [-0.1, -0.05) is 12.1 Å². The third kappa shape index (κ3) is 3.42. The van der Waals surface area contributed by atoms with Gasteiger partial charge < -0.3 is 15.0 Å². The van der Waals surface area contributed by atoms with E-state index in [1.54, 1.807) is 30.5 Å². The normalized spacial score (nSPS) is 10.4. The summed E-state index contributed by atoms with van der Waals surface area (Å²) in [5.41, 5.74) is 6.02. The van der Waals surface area contributed by atoms with Gasteiger partial charge in [-0.25, -0.2) is 4.39 Å². The van der Waals surface area contributed by atoms with E-state index in [1.807, 2.05) is 0 Å². The first-order chi connectivity index (χ1) is 9.20. The molecule has 5 heteroatoms. The van der Waals surface area contributed by atoms with Crippen LogP contribution in [0.4, 0.5) is 4.39 Å². The molecule has 0 radical (unpaired) electrons. The van der Waals surface area contributed by atoms with Gasteiger partial charge in [-0.15, -0.1) is 0 Å². The van der Waals surface area contributed by atoms with Crippen molar-refractivity contribution in [2.45, 2.75) is 13.1 Å². The fourth-order valence-electron chi connectivity index (χ4n) is 1.69. The summed E-state index contributed by atoms with van der Waals surface area (Å²) in [6, 6.07) is 9.52. The Hall–Kier alpha value is -2.14. The van der Waals surface area contributed by atoms with Gasteiger partial charge in [0, 0.05) is 18.8 Å². The van der Waals surface area contributed by atoms with Crippen LogP contribution >= 0.6 is 0 Å². The molecule has 0 saturated heterocycles. The van der Waals surface area contributed by atoms with Crippen LogP contribution in [-0.4, -0.2) is 11.2 Å². The number of halogens is 1. The van der Waals surface area contributed by atoms with Crippen molar-refractivity contribution in [3.8, 4) is 5.75 Å². The van der Waals surface area contributed by atoms with Crippen LogP contribution in [0.1, 0.15) is 5.56 Å². The monoisotopic (exact) mass is 262 g/mol. The number of aromatic nitrogens is 1. The fraction of sp³-hybridized carbons (Fsp3) is 0.214. The van der Waals surface area contributed by atoms with E-state index < -0.39 is 5.82 Å². The van der Waals surface area contributed by atoms with Gasteiger partial charge in [-0.05, 0) is 23.8 Å². The topological polar surface area (TPSA) is 57.2 Å². The van der Waals surface area contributed by atoms with E-state index >= 15 is 0 Å². The quantitative estimate of drug-likeness (QED) is 0.889. The lowest BCUT2D eigenvalue weighted by Gasteiger charge is -2.09. The third-order valence-electron chi connectivity index (χ3n) is 2.72. The molecule has 2 N–H and O–H groups in total. The van der Waals surface area contributed by atoms with Gasteiger partial charge in [-0.3, -0.25) is 4.79 Å². The number of benzene rings is 1. The van der Waals surface area contributed by atoms with E-state index in [-0.39, 0.29) is 24.5 Å². The highest BCUT2D eigenvalue weighted by molar-refractivity contribution is 5.29. The van der Waals surface area contributed by atoms with Gasteiger partial charge in [0.05, 0.1) is 6.54 Å². The molecule has 0 amide bonds. The van der Waals surface area contributed by atoms with Crippen molar-refractivity contribution in [3.63, 3.8) is 0 Å². The zero-order valence-electron chi connectivity index (χ0n) is 10.4. The molecule has 0 atom stereocenters. The molecule has 0 spiro atoms. The Morgan fingerprint density at radius 2 is 2.11 bits per heavy atom. The second-order valence-electron chi connectivity index (χ2n) is 4.05. The lowest BCUT2D eigenvalue weighted by Crippen LogP contribution is -2.21. The van der Waals surface area contributed by atoms with Crippen LogP contribution in [0, 0.1) is 5.82 Å². The summed E-state index contributed by atoms with van der Waals surface area (Å²) in [7, 11) is 0. The van der Waals surface area contributed by atoms with Crippen molar-refractivity contribution in [2.75, 3.05) is 6.61 Å². The average molecular weight is 262 g/mol. The minimum atomic E-state index is -0.441. The Balaban J connectivity index is 1.96. The number of hydrogen-bond donors (Lipinski definition) is 1. The smallest absolute Gasteiger partial charge is 0.250 e. The SMILES string of the molecule is NCc1ccc(OCCn2ccccc2=O)c(F)c1. The van der Waals surface area contributed by atoms with Crippen LogP contribution in [0.3, 0.4) is 0 Å². The number of rotatable bonds is 5. The average Bonchev–Trinajstić information content (AvgIpc) is 2.42. The molecular weight excluding hydrogens is 247 g/mol. The van der Waals surface area contributed by atoms with Crippen LogP contribution in [0.2, 0.25) is 0 Å². The van der Waals surface area contributed by atoms with Crippen LogP contribution in [-0.2, 0) is 13.1 Å². The minimum absolute atomic E-state index is 0.106. The van der Waals surface area contributed by atoms with Crippen LogP contribution in [0.15, 0.2) is 47.4 Å². The van der Waals surface area contributed by atoms with Gasteiger partial charge in [-0.2, -0.15) is 0 Å². The Kier molecular flexibility index (Phi) is 4.30. The number of hydrogen-bond acceptors (Lipinski definition) is 3. The molecule has 19 heavy (non-hydrogen) atoms. The van der Waals surface area contributed by atoms with Crippen molar-refractivity contribution >= 4 is 0 Å². The highest BCUT2D eigenvalue weighted by Gasteiger charge is 2.04. The molecule has 1 aromatic carbocycles. The summed E-state index contributed by atoms with van der Waals surface area (Å²) in [6.07, 6.45) is 1.67. The molecule has 0 aliphatic heterocycles. The first-order valence-electron chi connectivity index (χ1n) is 5.97. The van der Waals surface area contributed by atoms with Crippen LogP contribution < -0.4 is 16.0 Å². The van der Waals surface area contributed by atoms with E-state index in [1.165, 1.54) is 16.7 Å². The third-order valence-corrected chi connectivity index (χ3v) is 2.72.